The summed E-state index contributed by atoms with van der Waals surface area (Å²) in [7, 11) is 0. The first-order valence-electron chi connectivity index (χ1n) is 5.76. The van der Waals surface area contributed by atoms with E-state index in [0.29, 0.717) is 22.4 Å². The van der Waals surface area contributed by atoms with E-state index in [0.717, 1.165) is 6.07 Å². The van der Waals surface area contributed by atoms with Gasteiger partial charge in [-0.15, -0.1) is 10.2 Å². The molecule has 2 rings (SSSR count). The summed E-state index contributed by atoms with van der Waals surface area (Å²) in [5.41, 5.74) is 6.40. The zero-order chi connectivity index (χ0) is 14.0. The topological polar surface area (TPSA) is 56.7 Å². The largest absolute Gasteiger partial charge is 0.368 e. The van der Waals surface area contributed by atoms with Crippen LogP contribution in [-0.4, -0.2) is 14.8 Å². The Morgan fingerprint density at radius 3 is 2.63 bits per heavy atom. The number of aromatic nitrogens is 3. The summed E-state index contributed by atoms with van der Waals surface area (Å²) in [5, 5.41) is 8.46. The molecular formula is C12H14F2N4S. The third kappa shape index (κ3) is 3.04. The molecule has 7 heteroatoms. The zero-order valence-corrected chi connectivity index (χ0v) is 11.4. The molecule has 0 fully saturated rings. The number of rotatable bonds is 4. The summed E-state index contributed by atoms with van der Waals surface area (Å²) < 4.78 is 27.7. The molecule has 0 aliphatic heterocycles. The lowest BCUT2D eigenvalue weighted by atomic mass is 10.2. The van der Waals surface area contributed by atoms with Gasteiger partial charge < -0.3 is 5.73 Å². The highest BCUT2D eigenvalue weighted by Crippen LogP contribution is 2.26. The lowest BCUT2D eigenvalue weighted by Crippen LogP contribution is -2.07. The molecule has 0 amide bonds. The van der Waals surface area contributed by atoms with Gasteiger partial charge in [0, 0.05) is 11.8 Å². The molecule has 19 heavy (non-hydrogen) atoms. The van der Waals surface area contributed by atoms with Crippen molar-refractivity contribution in [2.75, 3.05) is 5.73 Å². The maximum absolute atomic E-state index is 13.1. The fourth-order valence-corrected chi connectivity index (χ4v) is 2.67. The van der Waals surface area contributed by atoms with Crippen molar-refractivity contribution in [3.05, 3.63) is 35.4 Å². The Morgan fingerprint density at radius 2 is 2.00 bits per heavy atom. The average Bonchev–Trinajstić information content (AvgIpc) is 2.72. The van der Waals surface area contributed by atoms with Crippen LogP contribution in [0, 0.1) is 11.6 Å². The summed E-state index contributed by atoms with van der Waals surface area (Å²) in [6, 6.07) is 3.99. The van der Waals surface area contributed by atoms with Crippen LogP contribution in [0.3, 0.4) is 0 Å². The Morgan fingerprint density at radius 1 is 1.26 bits per heavy atom. The molecule has 102 valence electrons. The predicted molar refractivity (Wildman–Crippen MR) is 70.7 cm³/mol. The molecule has 0 saturated heterocycles. The van der Waals surface area contributed by atoms with Gasteiger partial charge in [-0.25, -0.2) is 8.78 Å². The minimum absolute atomic E-state index is 0.141. The molecule has 0 radical (unpaired) electrons. The first-order chi connectivity index (χ1) is 8.99. The second kappa shape index (κ2) is 5.56. The SMILES string of the molecule is CC(C)n1c(N)nnc1SCc1ccc(F)c(F)c1. The molecule has 0 bridgehead atoms. The number of nitrogens with zero attached hydrogens (tertiary/aromatic N) is 3. The van der Waals surface area contributed by atoms with Crippen LogP contribution in [0.1, 0.15) is 25.5 Å². The van der Waals surface area contributed by atoms with Gasteiger partial charge in [-0.1, -0.05) is 17.8 Å². The van der Waals surface area contributed by atoms with Gasteiger partial charge in [0.2, 0.25) is 5.95 Å². The van der Waals surface area contributed by atoms with Gasteiger partial charge in [0.05, 0.1) is 0 Å². The van der Waals surface area contributed by atoms with Gasteiger partial charge in [0.25, 0.3) is 0 Å². The van der Waals surface area contributed by atoms with Crippen molar-refractivity contribution in [1.82, 2.24) is 14.8 Å². The number of benzene rings is 1. The van der Waals surface area contributed by atoms with Crippen molar-refractivity contribution in [3.8, 4) is 0 Å². The number of nitrogen functional groups attached to an aromatic ring is 1. The Balaban J connectivity index is 2.12. The van der Waals surface area contributed by atoms with Crippen molar-refractivity contribution in [3.63, 3.8) is 0 Å². The van der Waals surface area contributed by atoms with Gasteiger partial charge in [0.15, 0.2) is 16.8 Å². The molecule has 0 saturated carbocycles. The summed E-state index contributed by atoms with van der Waals surface area (Å²) in [5.74, 6) is -0.865. The maximum Gasteiger partial charge on any atom is 0.222 e. The first-order valence-corrected chi connectivity index (χ1v) is 6.74. The standard InChI is InChI=1S/C12H14F2N4S/c1-7(2)18-11(15)16-17-12(18)19-6-8-3-4-9(13)10(14)5-8/h3-5,7H,6H2,1-2H3,(H2,15,16). The second-order valence-electron chi connectivity index (χ2n) is 4.34. The van der Waals surface area contributed by atoms with Gasteiger partial charge in [-0.05, 0) is 31.5 Å². The molecule has 0 spiro atoms. The molecule has 1 aromatic carbocycles. The molecule has 0 atom stereocenters. The Hall–Kier alpha value is -1.63. The third-order valence-corrected chi connectivity index (χ3v) is 3.57. The Labute approximate surface area is 114 Å². The monoisotopic (exact) mass is 284 g/mol. The van der Waals surface area contributed by atoms with E-state index in [9.17, 15) is 8.78 Å². The lowest BCUT2D eigenvalue weighted by Gasteiger charge is -2.11. The molecule has 0 unspecified atom stereocenters. The Kier molecular flexibility index (Phi) is 4.04. The fourth-order valence-electron chi connectivity index (χ4n) is 1.65. The third-order valence-electron chi connectivity index (χ3n) is 2.56. The van der Waals surface area contributed by atoms with Crippen molar-refractivity contribution in [1.29, 1.82) is 0 Å². The highest BCUT2D eigenvalue weighted by atomic mass is 32.2. The number of thioether (sulfide) groups is 1. The molecule has 0 aliphatic carbocycles. The molecular weight excluding hydrogens is 270 g/mol. The summed E-state index contributed by atoms with van der Waals surface area (Å²) in [4.78, 5) is 0. The quantitative estimate of drug-likeness (QED) is 0.877. The number of halogens is 2. The Bertz CT molecular complexity index is 583. The van der Waals surface area contributed by atoms with Crippen LogP contribution in [0.2, 0.25) is 0 Å². The van der Waals surface area contributed by atoms with Crippen molar-refractivity contribution < 1.29 is 8.78 Å². The van der Waals surface area contributed by atoms with E-state index in [4.69, 9.17) is 5.73 Å². The van der Waals surface area contributed by atoms with Gasteiger partial charge in [-0.3, -0.25) is 4.57 Å². The van der Waals surface area contributed by atoms with Crippen LogP contribution in [0.4, 0.5) is 14.7 Å². The van der Waals surface area contributed by atoms with E-state index in [1.165, 1.54) is 17.8 Å². The summed E-state index contributed by atoms with van der Waals surface area (Å²) >= 11 is 1.38. The van der Waals surface area contributed by atoms with E-state index in [2.05, 4.69) is 10.2 Å². The summed E-state index contributed by atoms with van der Waals surface area (Å²) in [6.45, 7) is 3.95. The molecule has 4 nitrogen and oxygen atoms in total. The normalized spacial score (nSPS) is 11.2. The molecule has 2 N–H and O–H groups in total. The lowest BCUT2D eigenvalue weighted by molar-refractivity contribution is 0.507. The predicted octanol–water partition coefficient (Wildman–Crippen LogP) is 3.01. The number of nitrogens with two attached hydrogens (primary N) is 1. The smallest absolute Gasteiger partial charge is 0.222 e. The number of hydrogen-bond donors (Lipinski definition) is 1. The minimum atomic E-state index is -0.844. The average molecular weight is 284 g/mol. The van der Waals surface area contributed by atoms with Crippen LogP contribution >= 0.6 is 11.8 Å². The zero-order valence-electron chi connectivity index (χ0n) is 10.6. The van der Waals surface area contributed by atoms with Gasteiger partial charge in [0.1, 0.15) is 0 Å². The van der Waals surface area contributed by atoms with Crippen LogP contribution in [0.5, 0.6) is 0 Å². The first kappa shape index (κ1) is 13.8. The molecule has 2 aromatic rings. The van der Waals surface area contributed by atoms with E-state index in [-0.39, 0.29) is 6.04 Å². The highest BCUT2D eigenvalue weighted by molar-refractivity contribution is 7.98. The van der Waals surface area contributed by atoms with E-state index in [1.807, 2.05) is 13.8 Å². The fraction of sp³-hybridized carbons (Fsp3) is 0.333. The number of anilines is 1. The summed E-state index contributed by atoms with van der Waals surface area (Å²) in [6.07, 6.45) is 0. The molecule has 1 aromatic heterocycles. The maximum atomic E-state index is 13.1. The highest BCUT2D eigenvalue weighted by Gasteiger charge is 2.13. The molecule has 1 heterocycles. The van der Waals surface area contributed by atoms with E-state index in [1.54, 1.807) is 10.6 Å². The van der Waals surface area contributed by atoms with Crippen LogP contribution in [0.15, 0.2) is 23.4 Å². The second-order valence-corrected chi connectivity index (χ2v) is 5.28. The minimum Gasteiger partial charge on any atom is -0.368 e. The van der Waals surface area contributed by atoms with Crippen LogP contribution in [0.25, 0.3) is 0 Å². The molecule has 0 aliphatic rings. The van der Waals surface area contributed by atoms with Gasteiger partial charge >= 0.3 is 0 Å². The number of hydrogen-bond acceptors (Lipinski definition) is 4. The van der Waals surface area contributed by atoms with Crippen LogP contribution < -0.4 is 5.73 Å². The van der Waals surface area contributed by atoms with Crippen molar-refractivity contribution >= 4 is 17.7 Å². The van der Waals surface area contributed by atoms with Crippen molar-refractivity contribution in [2.45, 2.75) is 30.8 Å². The van der Waals surface area contributed by atoms with E-state index >= 15 is 0 Å². The van der Waals surface area contributed by atoms with Gasteiger partial charge in [-0.2, -0.15) is 0 Å². The van der Waals surface area contributed by atoms with Crippen molar-refractivity contribution in [2.24, 2.45) is 0 Å². The van der Waals surface area contributed by atoms with E-state index < -0.39 is 11.6 Å². The van der Waals surface area contributed by atoms with Crippen LogP contribution in [-0.2, 0) is 5.75 Å².